The number of aromatic hydroxyl groups is 2. The highest BCUT2D eigenvalue weighted by Gasteiger charge is 2.07. The Hall–Kier alpha value is -2.60. The van der Waals surface area contributed by atoms with E-state index < -0.39 is 0 Å². The van der Waals surface area contributed by atoms with E-state index in [2.05, 4.69) is 15.3 Å². The number of anilines is 1. The van der Waals surface area contributed by atoms with Crippen molar-refractivity contribution in [2.45, 2.75) is 6.42 Å². The maximum absolute atomic E-state index is 9.54. The van der Waals surface area contributed by atoms with Crippen LogP contribution in [0.1, 0.15) is 5.69 Å². The molecule has 0 saturated heterocycles. The van der Waals surface area contributed by atoms with Gasteiger partial charge in [0.15, 0.2) is 16.6 Å². The van der Waals surface area contributed by atoms with E-state index in [-0.39, 0.29) is 11.5 Å². The second-order valence-corrected chi connectivity index (χ2v) is 5.60. The molecule has 0 amide bonds. The maximum atomic E-state index is 9.54. The van der Waals surface area contributed by atoms with Crippen molar-refractivity contribution in [3.63, 3.8) is 0 Å². The molecule has 22 heavy (non-hydrogen) atoms. The first-order valence-electron chi connectivity index (χ1n) is 6.84. The SMILES string of the molecule is Oc1ccc(-c2csc(NCCc3ccccn3)n2)cc1O. The quantitative estimate of drug-likeness (QED) is 0.630. The number of nitrogens with one attached hydrogen (secondary N) is 1. The number of pyridine rings is 1. The second kappa shape index (κ2) is 6.44. The lowest BCUT2D eigenvalue weighted by molar-refractivity contribution is 0.404. The van der Waals surface area contributed by atoms with Crippen molar-refractivity contribution < 1.29 is 10.2 Å². The topological polar surface area (TPSA) is 78.3 Å². The van der Waals surface area contributed by atoms with Gasteiger partial charge in [0, 0.05) is 35.8 Å². The first kappa shape index (κ1) is 14.3. The first-order chi connectivity index (χ1) is 10.7. The third-order valence-electron chi connectivity index (χ3n) is 3.16. The molecule has 0 saturated carbocycles. The average Bonchev–Trinajstić information content (AvgIpc) is 3.00. The molecule has 0 unspecified atom stereocenters. The van der Waals surface area contributed by atoms with E-state index >= 15 is 0 Å². The molecule has 0 aliphatic carbocycles. The Labute approximate surface area is 131 Å². The standard InChI is InChI=1S/C16H15N3O2S/c20-14-5-4-11(9-15(14)21)13-10-22-16(19-13)18-8-6-12-3-1-2-7-17-12/h1-5,7,9-10,20-21H,6,8H2,(H,18,19). The van der Waals surface area contributed by atoms with Crippen LogP contribution in [0.15, 0.2) is 48.0 Å². The third-order valence-corrected chi connectivity index (χ3v) is 3.96. The van der Waals surface area contributed by atoms with Gasteiger partial charge in [-0.25, -0.2) is 4.98 Å². The molecule has 2 heterocycles. The van der Waals surface area contributed by atoms with Crippen LogP contribution in [-0.2, 0) is 6.42 Å². The highest BCUT2D eigenvalue weighted by Crippen LogP contribution is 2.31. The molecule has 1 aromatic carbocycles. The molecule has 3 N–H and O–H groups in total. The summed E-state index contributed by atoms with van der Waals surface area (Å²) in [7, 11) is 0. The molecule has 5 nitrogen and oxygen atoms in total. The monoisotopic (exact) mass is 313 g/mol. The van der Waals surface area contributed by atoms with Crippen molar-refractivity contribution in [3.8, 4) is 22.8 Å². The van der Waals surface area contributed by atoms with Gasteiger partial charge in [0.25, 0.3) is 0 Å². The summed E-state index contributed by atoms with van der Waals surface area (Å²) in [6.45, 7) is 0.755. The van der Waals surface area contributed by atoms with Gasteiger partial charge in [0.05, 0.1) is 5.69 Å². The lowest BCUT2D eigenvalue weighted by atomic mass is 10.1. The summed E-state index contributed by atoms with van der Waals surface area (Å²) in [5.41, 5.74) is 2.57. The van der Waals surface area contributed by atoms with Gasteiger partial charge in [0.2, 0.25) is 0 Å². The number of thiazole rings is 1. The number of hydrogen-bond acceptors (Lipinski definition) is 6. The largest absolute Gasteiger partial charge is 0.504 e. The van der Waals surface area contributed by atoms with E-state index in [1.165, 1.54) is 23.5 Å². The Morgan fingerprint density at radius 1 is 1.09 bits per heavy atom. The predicted molar refractivity (Wildman–Crippen MR) is 87.3 cm³/mol. The minimum atomic E-state index is -0.143. The average molecular weight is 313 g/mol. The smallest absolute Gasteiger partial charge is 0.183 e. The Morgan fingerprint density at radius 2 is 2.00 bits per heavy atom. The van der Waals surface area contributed by atoms with Gasteiger partial charge in [-0.3, -0.25) is 4.98 Å². The molecule has 0 spiro atoms. The molecule has 0 fully saturated rings. The highest BCUT2D eigenvalue weighted by molar-refractivity contribution is 7.14. The summed E-state index contributed by atoms with van der Waals surface area (Å²) < 4.78 is 0. The van der Waals surface area contributed by atoms with Crippen molar-refractivity contribution >= 4 is 16.5 Å². The summed E-state index contributed by atoms with van der Waals surface area (Å²) in [4.78, 5) is 8.75. The predicted octanol–water partition coefficient (Wildman–Crippen LogP) is 3.27. The van der Waals surface area contributed by atoms with Crippen LogP contribution in [0.2, 0.25) is 0 Å². The van der Waals surface area contributed by atoms with E-state index in [1.54, 1.807) is 12.3 Å². The Bertz CT molecular complexity index is 759. The van der Waals surface area contributed by atoms with Crippen LogP contribution >= 0.6 is 11.3 Å². The highest BCUT2D eigenvalue weighted by atomic mass is 32.1. The third kappa shape index (κ3) is 3.35. The Kier molecular flexibility index (Phi) is 4.20. The number of hydrogen-bond donors (Lipinski definition) is 3. The van der Waals surface area contributed by atoms with E-state index in [4.69, 9.17) is 0 Å². The zero-order valence-corrected chi connectivity index (χ0v) is 12.5. The van der Waals surface area contributed by atoms with Crippen LogP contribution in [0, 0.1) is 0 Å². The Morgan fingerprint density at radius 3 is 2.77 bits per heavy atom. The minimum absolute atomic E-state index is 0.132. The van der Waals surface area contributed by atoms with E-state index in [9.17, 15) is 10.2 Å². The molecule has 3 rings (SSSR count). The summed E-state index contributed by atoms with van der Waals surface area (Å²) in [5.74, 6) is -0.275. The van der Waals surface area contributed by atoms with Crippen LogP contribution in [0.3, 0.4) is 0 Å². The van der Waals surface area contributed by atoms with E-state index in [0.717, 1.165) is 35.0 Å². The summed E-state index contributed by atoms with van der Waals surface area (Å²) in [5, 5.41) is 24.9. The van der Waals surface area contributed by atoms with E-state index in [1.807, 2.05) is 23.6 Å². The molecule has 0 aliphatic rings. The molecular formula is C16H15N3O2S. The molecule has 0 bridgehead atoms. The van der Waals surface area contributed by atoms with Crippen molar-refractivity contribution in [2.75, 3.05) is 11.9 Å². The van der Waals surface area contributed by atoms with Gasteiger partial charge in [-0.15, -0.1) is 11.3 Å². The summed E-state index contributed by atoms with van der Waals surface area (Å²) in [6.07, 6.45) is 2.61. The fraction of sp³-hybridized carbons (Fsp3) is 0.125. The molecule has 6 heteroatoms. The first-order valence-corrected chi connectivity index (χ1v) is 7.72. The van der Waals surface area contributed by atoms with Crippen LogP contribution < -0.4 is 5.32 Å². The number of phenols is 2. The van der Waals surface area contributed by atoms with Gasteiger partial charge < -0.3 is 15.5 Å². The zero-order chi connectivity index (χ0) is 15.4. The fourth-order valence-electron chi connectivity index (χ4n) is 2.01. The second-order valence-electron chi connectivity index (χ2n) is 4.74. The molecule has 2 aromatic heterocycles. The lowest BCUT2D eigenvalue weighted by Crippen LogP contribution is -2.05. The zero-order valence-electron chi connectivity index (χ0n) is 11.7. The van der Waals surface area contributed by atoms with Crippen LogP contribution in [0.4, 0.5) is 5.13 Å². The number of benzene rings is 1. The number of aromatic nitrogens is 2. The molecule has 3 aromatic rings. The fourth-order valence-corrected chi connectivity index (χ4v) is 2.76. The van der Waals surface area contributed by atoms with Crippen LogP contribution in [-0.4, -0.2) is 26.7 Å². The van der Waals surface area contributed by atoms with Gasteiger partial charge in [-0.1, -0.05) is 6.07 Å². The summed E-state index contributed by atoms with van der Waals surface area (Å²) >= 11 is 1.50. The normalized spacial score (nSPS) is 10.5. The van der Waals surface area contributed by atoms with Crippen molar-refractivity contribution in [1.82, 2.24) is 9.97 Å². The van der Waals surface area contributed by atoms with Crippen molar-refractivity contribution in [2.24, 2.45) is 0 Å². The van der Waals surface area contributed by atoms with Gasteiger partial charge in [-0.2, -0.15) is 0 Å². The van der Waals surface area contributed by atoms with Gasteiger partial charge >= 0.3 is 0 Å². The maximum Gasteiger partial charge on any atom is 0.183 e. The van der Waals surface area contributed by atoms with Crippen LogP contribution in [0.25, 0.3) is 11.3 Å². The molecule has 112 valence electrons. The lowest BCUT2D eigenvalue weighted by Gasteiger charge is -2.02. The van der Waals surface area contributed by atoms with Crippen molar-refractivity contribution in [1.29, 1.82) is 0 Å². The molecule has 0 atom stereocenters. The molecule has 0 aliphatic heterocycles. The Balaban J connectivity index is 1.62. The summed E-state index contributed by atoms with van der Waals surface area (Å²) in [6, 6.07) is 10.6. The minimum Gasteiger partial charge on any atom is -0.504 e. The number of phenolic OH excluding ortho intramolecular Hbond substituents is 2. The van der Waals surface area contributed by atoms with E-state index in [0.29, 0.717) is 0 Å². The molecular weight excluding hydrogens is 298 g/mol. The molecule has 0 radical (unpaired) electrons. The van der Waals surface area contributed by atoms with Gasteiger partial charge in [-0.05, 0) is 30.3 Å². The number of nitrogens with zero attached hydrogens (tertiary/aromatic N) is 2. The van der Waals surface area contributed by atoms with Crippen LogP contribution in [0.5, 0.6) is 11.5 Å². The van der Waals surface area contributed by atoms with Gasteiger partial charge in [0.1, 0.15) is 0 Å². The number of rotatable bonds is 5. The van der Waals surface area contributed by atoms with Crippen molar-refractivity contribution in [3.05, 3.63) is 53.7 Å².